The van der Waals surface area contributed by atoms with Gasteiger partial charge in [0.2, 0.25) is 0 Å². The van der Waals surface area contributed by atoms with Gasteiger partial charge < -0.3 is 30.0 Å². The number of aromatic nitrogens is 1. The zero-order valence-electron chi connectivity index (χ0n) is 16.1. The highest BCUT2D eigenvalue weighted by molar-refractivity contribution is 5.86. The summed E-state index contributed by atoms with van der Waals surface area (Å²) < 4.78 is 10.9. The number of phenols is 2. The van der Waals surface area contributed by atoms with Crippen LogP contribution in [-0.4, -0.2) is 29.4 Å². The van der Waals surface area contributed by atoms with Crippen LogP contribution < -0.4 is 14.8 Å². The van der Waals surface area contributed by atoms with E-state index in [4.69, 9.17) is 9.47 Å². The first-order valence-corrected chi connectivity index (χ1v) is 9.17. The number of benzene rings is 3. The second-order valence-electron chi connectivity index (χ2n) is 6.68. The Hall–Kier alpha value is -3.80. The molecule has 1 unspecified atom stereocenters. The van der Waals surface area contributed by atoms with Gasteiger partial charge in [0.05, 0.1) is 25.9 Å². The van der Waals surface area contributed by atoms with Crippen molar-refractivity contribution in [2.75, 3.05) is 19.5 Å². The molecule has 0 fully saturated rings. The van der Waals surface area contributed by atoms with E-state index in [0.717, 1.165) is 27.9 Å². The number of H-pyrrole nitrogens is 1. The zero-order valence-corrected chi connectivity index (χ0v) is 16.1. The number of aromatic amines is 1. The Morgan fingerprint density at radius 2 is 1.72 bits per heavy atom. The van der Waals surface area contributed by atoms with E-state index >= 15 is 0 Å². The van der Waals surface area contributed by atoms with Crippen LogP contribution in [-0.2, 0) is 0 Å². The second kappa shape index (κ2) is 7.67. The summed E-state index contributed by atoms with van der Waals surface area (Å²) in [6, 6.07) is 17.6. The van der Waals surface area contributed by atoms with Gasteiger partial charge in [0.25, 0.3) is 0 Å². The molecule has 0 amide bonds. The molecule has 148 valence electrons. The molecule has 0 aliphatic heterocycles. The number of anilines is 1. The fourth-order valence-corrected chi connectivity index (χ4v) is 3.51. The normalized spacial score (nSPS) is 11.9. The predicted octanol–water partition coefficient (Wildman–Crippen LogP) is 4.80. The molecule has 1 heterocycles. The lowest BCUT2D eigenvalue weighted by atomic mass is 9.96. The minimum absolute atomic E-state index is 0.00267. The van der Waals surface area contributed by atoms with Crippen molar-refractivity contribution in [3.8, 4) is 23.0 Å². The van der Waals surface area contributed by atoms with Crippen molar-refractivity contribution in [3.63, 3.8) is 0 Å². The zero-order chi connectivity index (χ0) is 20.4. The van der Waals surface area contributed by atoms with E-state index in [1.165, 1.54) is 6.07 Å². The molecule has 4 rings (SSSR count). The van der Waals surface area contributed by atoms with Gasteiger partial charge in [0.15, 0.2) is 0 Å². The summed E-state index contributed by atoms with van der Waals surface area (Å²) in [4.78, 5) is 3.28. The van der Waals surface area contributed by atoms with Crippen molar-refractivity contribution in [2.24, 2.45) is 0 Å². The number of fused-ring (bicyclic) bond motifs is 1. The van der Waals surface area contributed by atoms with Crippen molar-refractivity contribution < 1.29 is 19.7 Å². The summed E-state index contributed by atoms with van der Waals surface area (Å²) >= 11 is 0. The summed E-state index contributed by atoms with van der Waals surface area (Å²) in [7, 11) is 3.24. The fraction of sp³-hybridized carbons (Fsp3) is 0.130. The fourth-order valence-electron chi connectivity index (χ4n) is 3.51. The summed E-state index contributed by atoms with van der Waals surface area (Å²) in [6.45, 7) is 0. The molecule has 0 spiro atoms. The Balaban J connectivity index is 1.89. The third kappa shape index (κ3) is 3.52. The number of phenolic OH excluding ortho intramolecular Hbond substituents is 2. The summed E-state index contributed by atoms with van der Waals surface area (Å²) in [5.74, 6) is 1.43. The largest absolute Gasteiger partial charge is 0.508 e. The maximum absolute atomic E-state index is 10.6. The Morgan fingerprint density at radius 1 is 0.897 bits per heavy atom. The number of aromatic hydroxyl groups is 2. The lowest BCUT2D eigenvalue weighted by Crippen LogP contribution is -2.13. The maximum atomic E-state index is 10.6. The van der Waals surface area contributed by atoms with E-state index in [-0.39, 0.29) is 11.5 Å². The molecule has 4 aromatic rings. The first-order chi connectivity index (χ1) is 14.1. The monoisotopic (exact) mass is 390 g/mol. The SMILES string of the molecule is COc1ccc2[nH]cc(C(Nc3ccccc3OC)c3ccc(O)cc3O)c2c1. The van der Waals surface area contributed by atoms with Crippen LogP contribution in [0.25, 0.3) is 10.9 Å². The van der Waals surface area contributed by atoms with Crippen LogP contribution in [0, 0.1) is 0 Å². The number of hydrogen-bond donors (Lipinski definition) is 4. The minimum Gasteiger partial charge on any atom is -0.508 e. The van der Waals surface area contributed by atoms with E-state index in [1.807, 2.05) is 48.7 Å². The maximum Gasteiger partial charge on any atom is 0.141 e. The standard InChI is InChI=1S/C23H22N2O4/c1-28-15-8-10-19-17(12-15)18(13-24-19)23(16-9-7-14(26)11-21(16)27)25-20-5-3-4-6-22(20)29-2/h3-13,23-27H,1-2H3. The highest BCUT2D eigenvalue weighted by Crippen LogP contribution is 2.39. The summed E-state index contributed by atoms with van der Waals surface area (Å²) in [5, 5.41) is 24.8. The molecule has 3 aromatic carbocycles. The molecule has 6 nitrogen and oxygen atoms in total. The third-order valence-electron chi connectivity index (χ3n) is 4.96. The number of methoxy groups -OCH3 is 2. The molecule has 0 saturated carbocycles. The first-order valence-electron chi connectivity index (χ1n) is 9.17. The van der Waals surface area contributed by atoms with Crippen LogP contribution in [0.1, 0.15) is 17.2 Å². The van der Waals surface area contributed by atoms with Gasteiger partial charge in [-0.2, -0.15) is 0 Å². The molecule has 0 aliphatic rings. The van der Waals surface area contributed by atoms with Gasteiger partial charge in [-0.05, 0) is 42.5 Å². The second-order valence-corrected chi connectivity index (χ2v) is 6.68. The topological polar surface area (TPSA) is 86.7 Å². The van der Waals surface area contributed by atoms with Gasteiger partial charge in [-0.25, -0.2) is 0 Å². The molecular formula is C23H22N2O4. The van der Waals surface area contributed by atoms with Crippen LogP contribution in [0.4, 0.5) is 5.69 Å². The molecule has 0 radical (unpaired) electrons. The molecule has 4 N–H and O–H groups in total. The number of para-hydroxylation sites is 2. The molecule has 29 heavy (non-hydrogen) atoms. The van der Waals surface area contributed by atoms with Crippen LogP contribution in [0.3, 0.4) is 0 Å². The Labute approximate surface area is 168 Å². The van der Waals surface area contributed by atoms with Crippen LogP contribution >= 0.6 is 0 Å². The van der Waals surface area contributed by atoms with Crippen LogP contribution in [0.5, 0.6) is 23.0 Å². The molecule has 0 bridgehead atoms. The average molecular weight is 390 g/mol. The number of hydrogen-bond acceptors (Lipinski definition) is 5. The Bertz CT molecular complexity index is 1150. The van der Waals surface area contributed by atoms with Gasteiger partial charge in [-0.15, -0.1) is 0 Å². The van der Waals surface area contributed by atoms with Crippen molar-refractivity contribution in [3.05, 3.63) is 78.0 Å². The van der Waals surface area contributed by atoms with Crippen molar-refractivity contribution in [2.45, 2.75) is 6.04 Å². The third-order valence-corrected chi connectivity index (χ3v) is 4.96. The van der Waals surface area contributed by atoms with Crippen molar-refractivity contribution in [1.82, 2.24) is 4.98 Å². The van der Waals surface area contributed by atoms with E-state index in [2.05, 4.69) is 10.3 Å². The number of ether oxygens (including phenoxy) is 2. The average Bonchev–Trinajstić information content (AvgIpc) is 3.15. The molecule has 0 aliphatic carbocycles. The van der Waals surface area contributed by atoms with Crippen LogP contribution in [0.15, 0.2) is 66.9 Å². The van der Waals surface area contributed by atoms with Crippen molar-refractivity contribution >= 4 is 16.6 Å². The number of rotatable bonds is 6. The van der Waals surface area contributed by atoms with E-state index in [9.17, 15) is 10.2 Å². The molecule has 6 heteroatoms. The van der Waals surface area contributed by atoms with Gasteiger partial charge in [0.1, 0.15) is 23.0 Å². The highest BCUT2D eigenvalue weighted by atomic mass is 16.5. The van der Waals surface area contributed by atoms with E-state index < -0.39 is 6.04 Å². The van der Waals surface area contributed by atoms with Gasteiger partial charge in [-0.3, -0.25) is 0 Å². The smallest absolute Gasteiger partial charge is 0.141 e. The minimum atomic E-state index is -0.409. The quantitative estimate of drug-likeness (QED) is 0.380. The highest BCUT2D eigenvalue weighted by Gasteiger charge is 2.23. The summed E-state index contributed by atoms with van der Waals surface area (Å²) in [6.07, 6.45) is 1.91. The van der Waals surface area contributed by atoms with Gasteiger partial charge in [0, 0.05) is 34.3 Å². The van der Waals surface area contributed by atoms with E-state index in [1.54, 1.807) is 26.4 Å². The first kappa shape index (κ1) is 18.6. The lowest BCUT2D eigenvalue weighted by molar-refractivity contribution is 0.415. The predicted molar refractivity (Wildman–Crippen MR) is 113 cm³/mol. The Kier molecular flexibility index (Phi) is 4.91. The van der Waals surface area contributed by atoms with Gasteiger partial charge >= 0.3 is 0 Å². The molecule has 0 saturated heterocycles. The lowest BCUT2D eigenvalue weighted by Gasteiger charge is -2.23. The van der Waals surface area contributed by atoms with Crippen LogP contribution in [0.2, 0.25) is 0 Å². The summed E-state index contributed by atoms with van der Waals surface area (Å²) in [5.41, 5.74) is 3.28. The molecular weight excluding hydrogens is 368 g/mol. The van der Waals surface area contributed by atoms with Gasteiger partial charge in [-0.1, -0.05) is 12.1 Å². The molecule has 1 aromatic heterocycles. The van der Waals surface area contributed by atoms with Crippen molar-refractivity contribution in [1.29, 1.82) is 0 Å². The number of nitrogens with one attached hydrogen (secondary N) is 2. The Morgan fingerprint density at radius 3 is 2.48 bits per heavy atom. The van der Waals surface area contributed by atoms with E-state index in [0.29, 0.717) is 11.3 Å². The molecule has 1 atom stereocenters.